The minimum absolute atomic E-state index is 0.0858. The van der Waals surface area contributed by atoms with Crippen molar-refractivity contribution in [2.24, 2.45) is 11.8 Å². The number of anilines is 2. The van der Waals surface area contributed by atoms with Crippen LogP contribution in [0.15, 0.2) is 84.1 Å². The number of amides is 2. The van der Waals surface area contributed by atoms with Crippen LogP contribution < -0.4 is 10.6 Å². The second kappa shape index (κ2) is 16.4. The molecular formula is C42H48N10O2S2. The normalized spacial score (nSPS) is 18.2. The van der Waals surface area contributed by atoms with Crippen LogP contribution >= 0.6 is 22.7 Å². The summed E-state index contributed by atoms with van der Waals surface area (Å²) in [5.41, 5.74) is 6.14. The van der Waals surface area contributed by atoms with Crippen LogP contribution in [-0.4, -0.2) is 76.7 Å². The van der Waals surface area contributed by atoms with Gasteiger partial charge in [-0.25, -0.2) is 19.9 Å². The highest BCUT2D eigenvalue weighted by molar-refractivity contribution is 7.13. The predicted molar refractivity (Wildman–Crippen MR) is 223 cm³/mol. The van der Waals surface area contributed by atoms with Gasteiger partial charge in [-0.15, -0.1) is 22.7 Å². The Morgan fingerprint density at radius 1 is 0.625 bits per heavy atom. The van der Waals surface area contributed by atoms with E-state index in [1.165, 1.54) is 22.7 Å². The van der Waals surface area contributed by atoms with E-state index in [0.717, 1.165) is 81.2 Å². The first-order chi connectivity index (χ1) is 27.2. The summed E-state index contributed by atoms with van der Waals surface area (Å²) in [6, 6.07) is 16.1. The molecule has 12 nitrogen and oxygen atoms in total. The number of nitrogens with zero attached hydrogens (tertiary/aromatic N) is 6. The summed E-state index contributed by atoms with van der Waals surface area (Å²) in [4.78, 5) is 56.8. The van der Waals surface area contributed by atoms with Crippen LogP contribution in [0.2, 0.25) is 0 Å². The molecule has 56 heavy (non-hydrogen) atoms. The Morgan fingerprint density at radius 3 is 1.38 bits per heavy atom. The Labute approximate surface area is 335 Å². The monoisotopic (exact) mass is 788 g/mol. The third-order valence-electron chi connectivity index (χ3n) is 10.9. The zero-order valence-electron chi connectivity index (χ0n) is 32.1. The topological polar surface area (TPSA) is 148 Å². The molecule has 6 heterocycles. The third-order valence-corrected chi connectivity index (χ3v) is 12.3. The largest absolute Gasteiger partial charge is 0.350 e. The number of likely N-dealkylation sites (tertiary alicyclic amines) is 2. The van der Waals surface area contributed by atoms with E-state index in [1.807, 2.05) is 33.0 Å². The molecule has 2 fully saturated rings. The minimum Gasteiger partial charge on any atom is -0.350 e. The maximum Gasteiger partial charge on any atom is 0.246 e. The lowest BCUT2D eigenvalue weighted by molar-refractivity contribution is -0.134. The molecule has 0 spiro atoms. The quantitative estimate of drug-likeness (QED) is 0.0910. The van der Waals surface area contributed by atoms with Gasteiger partial charge in [0.15, 0.2) is 10.3 Å². The Kier molecular flexibility index (Phi) is 11.0. The highest BCUT2D eigenvalue weighted by Gasteiger charge is 2.38. The fraction of sp³-hybridized carbons (Fsp3) is 0.381. The van der Waals surface area contributed by atoms with E-state index in [2.05, 4.69) is 107 Å². The SMILES string of the molecule is CC(C)[C@H](Nc1nccs1)C(=O)N1CCCC1c1ncc(-c2ccc(-c3ccc(-c4cnc(C5CCCN5C(=O)[C@@H](Nc5nccs5)C(C)C)[nH]4)cc3)cc2)[nH]1. The van der Waals surface area contributed by atoms with Crippen LogP contribution in [0.4, 0.5) is 10.3 Å². The molecule has 14 heteroatoms. The molecule has 2 aliphatic heterocycles. The highest BCUT2D eigenvalue weighted by Crippen LogP contribution is 2.36. The maximum atomic E-state index is 13.8. The molecule has 8 rings (SSSR count). The average molecular weight is 789 g/mol. The Bertz CT molecular complexity index is 2050. The van der Waals surface area contributed by atoms with Gasteiger partial charge >= 0.3 is 0 Å². The van der Waals surface area contributed by atoms with Crippen molar-refractivity contribution in [1.82, 2.24) is 39.7 Å². The van der Waals surface area contributed by atoms with Gasteiger partial charge in [0.25, 0.3) is 0 Å². The van der Waals surface area contributed by atoms with E-state index in [1.54, 1.807) is 12.4 Å². The van der Waals surface area contributed by atoms with Crippen LogP contribution in [0.3, 0.4) is 0 Å². The van der Waals surface area contributed by atoms with Crippen LogP contribution in [0.5, 0.6) is 0 Å². The van der Waals surface area contributed by atoms with E-state index in [-0.39, 0.29) is 47.8 Å². The van der Waals surface area contributed by atoms with E-state index in [4.69, 9.17) is 9.97 Å². The van der Waals surface area contributed by atoms with Crippen LogP contribution in [0, 0.1) is 11.8 Å². The number of carbonyl (C=O) groups is 2. The van der Waals surface area contributed by atoms with E-state index < -0.39 is 0 Å². The number of H-pyrrole nitrogens is 2. The first-order valence-electron chi connectivity index (χ1n) is 19.5. The lowest BCUT2D eigenvalue weighted by atomic mass is 10.0. The van der Waals surface area contributed by atoms with Gasteiger partial charge in [-0.3, -0.25) is 9.59 Å². The second-order valence-electron chi connectivity index (χ2n) is 15.3. The first kappa shape index (κ1) is 37.6. The Hall–Kier alpha value is -5.34. The Morgan fingerprint density at radius 2 is 1.02 bits per heavy atom. The van der Waals surface area contributed by atoms with Crippen molar-refractivity contribution in [3.63, 3.8) is 0 Å². The maximum absolute atomic E-state index is 13.8. The zero-order valence-corrected chi connectivity index (χ0v) is 33.7. The van der Waals surface area contributed by atoms with Crippen molar-refractivity contribution in [3.8, 4) is 33.6 Å². The van der Waals surface area contributed by atoms with Crippen molar-refractivity contribution >= 4 is 44.8 Å². The van der Waals surface area contributed by atoms with Gasteiger partial charge in [-0.2, -0.15) is 0 Å². The zero-order chi connectivity index (χ0) is 38.8. The average Bonchev–Trinajstić information content (AvgIpc) is 4.06. The summed E-state index contributed by atoms with van der Waals surface area (Å²) < 4.78 is 0. The molecule has 0 radical (unpaired) electrons. The van der Waals surface area contributed by atoms with Crippen molar-refractivity contribution in [1.29, 1.82) is 0 Å². The number of rotatable bonds is 13. The molecule has 2 aliphatic rings. The van der Waals surface area contributed by atoms with E-state index in [0.29, 0.717) is 13.1 Å². The summed E-state index contributed by atoms with van der Waals surface area (Å²) >= 11 is 3.01. The molecule has 0 bridgehead atoms. The van der Waals surface area contributed by atoms with Gasteiger partial charge in [0.1, 0.15) is 23.7 Å². The predicted octanol–water partition coefficient (Wildman–Crippen LogP) is 8.65. The number of hydrogen-bond acceptors (Lipinski definition) is 10. The second-order valence-corrected chi connectivity index (χ2v) is 17.1. The fourth-order valence-electron chi connectivity index (χ4n) is 7.86. The molecule has 4 aromatic heterocycles. The number of thiazole rings is 2. The number of benzene rings is 2. The summed E-state index contributed by atoms with van der Waals surface area (Å²) in [6.07, 6.45) is 10.9. The van der Waals surface area contributed by atoms with Gasteiger partial charge in [0.05, 0.1) is 35.9 Å². The molecule has 0 aliphatic carbocycles. The first-order valence-corrected chi connectivity index (χ1v) is 21.2. The van der Waals surface area contributed by atoms with Gasteiger partial charge in [-0.05, 0) is 59.8 Å². The summed E-state index contributed by atoms with van der Waals surface area (Å²) in [7, 11) is 0. The van der Waals surface area contributed by atoms with Crippen molar-refractivity contribution in [2.75, 3.05) is 23.7 Å². The molecule has 2 unspecified atom stereocenters. The molecule has 2 aromatic carbocycles. The third kappa shape index (κ3) is 7.85. The fourth-order valence-corrected chi connectivity index (χ4v) is 8.99. The molecule has 2 amide bonds. The number of hydrogen-bond donors (Lipinski definition) is 4. The van der Waals surface area contributed by atoms with E-state index in [9.17, 15) is 9.59 Å². The summed E-state index contributed by atoms with van der Waals surface area (Å²) in [5, 5.41) is 12.1. The number of aromatic amines is 2. The van der Waals surface area contributed by atoms with Gasteiger partial charge in [-0.1, -0.05) is 76.2 Å². The lowest BCUT2D eigenvalue weighted by Gasteiger charge is -2.30. The minimum atomic E-state index is -0.351. The Balaban J connectivity index is 0.913. The number of aromatic nitrogens is 6. The van der Waals surface area contributed by atoms with Crippen LogP contribution in [0.1, 0.15) is 77.1 Å². The van der Waals surface area contributed by atoms with Gasteiger partial charge < -0.3 is 30.4 Å². The van der Waals surface area contributed by atoms with Crippen LogP contribution in [0.25, 0.3) is 33.6 Å². The molecular weight excluding hydrogens is 741 g/mol. The molecule has 6 aromatic rings. The number of carbonyl (C=O) groups excluding carboxylic acids is 2. The molecule has 290 valence electrons. The summed E-state index contributed by atoms with van der Waals surface area (Å²) in [5.74, 6) is 2.03. The molecule has 4 atom stereocenters. The number of nitrogens with one attached hydrogen (secondary N) is 4. The summed E-state index contributed by atoms with van der Waals surface area (Å²) in [6.45, 7) is 9.68. The lowest BCUT2D eigenvalue weighted by Crippen LogP contribution is -2.45. The standard InChI is InChI=1S/C42H48N10O2S2/c1-25(2)35(49-41-43-17-21-55-41)39(53)51-19-5-7-33(51)37-45-23-31(47-37)29-13-9-27(10-14-29)28-11-15-30(16-12-28)32-24-46-38(48-32)34-8-6-20-52(34)40(54)36(26(3)4)50-42-44-18-22-56-42/h9-18,21-26,33-36H,5-8,19-20H2,1-4H3,(H,43,49)(H,44,50)(H,45,47)(H,46,48)/t33?,34?,35-,36-/m0/s1. The smallest absolute Gasteiger partial charge is 0.246 e. The molecule has 2 saturated heterocycles. The number of imidazole rings is 2. The van der Waals surface area contributed by atoms with Crippen LogP contribution in [-0.2, 0) is 9.59 Å². The van der Waals surface area contributed by atoms with E-state index >= 15 is 0 Å². The van der Waals surface area contributed by atoms with Crippen molar-refractivity contribution < 1.29 is 9.59 Å². The molecule has 4 N–H and O–H groups in total. The molecule has 0 saturated carbocycles. The van der Waals surface area contributed by atoms with Gasteiger partial charge in [0, 0.05) is 36.2 Å². The highest BCUT2D eigenvalue weighted by atomic mass is 32.1. The van der Waals surface area contributed by atoms with Crippen molar-refractivity contribution in [2.45, 2.75) is 77.5 Å². The van der Waals surface area contributed by atoms with Crippen molar-refractivity contribution in [3.05, 3.63) is 95.7 Å². The van der Waals surface area contributed by atoms with Gasteiger partial charge in [0.2, 0.25) is 11.8 Å².